The first kappa shape index (κ1) is 16.5. The molecule has 6 heteroatoms. The first-order valence-corrected chi connectivity index (χ1v) is 1.93. The molecule has 0 aromatic rings. The molecule has 0 amide bonds. The number of carbonyl (C=O) groups excluding carboxylic acids is 1. The second-order valence-corrected chi connectivity index (χ2v) is 0.785. The van der Waals surface area contributed by atoms with Crippen LogP contribution in [0.3, 0.4) is 0 Å². The van der Waals surface area contributed by atoms with Gasteiger partial charge in [-0.2, -0.15) is 13.2 Å². The van der Waals surface area contributed by atoms with Crippen LogP contribution in [-0.2, 0) is 24.3 Å². The maximum absolute atomic E-state index is 10.5. The summed E-state index contributed by atoms with van der Waals surface area (Å²) in [5.74, 6) is -3.01. The Morgan fingerprint density at radius 2 is 1.50 bits per heavy atom. The molecular weight excluding hydrogens is 202 g/mol. The van der Waals surface area contributed by atoms with Gasteiger partial charge in [0.15, 0.2) is 0 Å². The smallest absolute Gasteiger partial charge is 0.430 e. The second kappa shape index (κ2) is 7.00. The number of carboxylic acids is 1. The van der Waals surface area contributed by atoms with Gasteiger partial charge < -0.3 is 9.90 Å². The standard InChI is InChI=1S/C2HF3O2.C2H5.Zn/c3-2(4,5)1(6)7;1-2;/h(H,6,7);1H2,2H3;/p-1. The minimum Gasteiger partial charge on any atom is -0.542 e. The van der Waals surface area contributed by atoms with Gasteiger partial charge in [0.1, 0.15) is 5.97 Å². The largest absolute Gasteiger partial charge is 0.542 e. The topological polar surface area (TPSA) is 40.1 Å². The van der Waals surface area contributed by atoms with Crippen molar-refractivity contribution >= 4 is 5.97 Å². The van der Waals surface area contributed by atoms with Gasteiger partial charge in [0, 0.05) is 19.5 Å². The van der Waals surface area contributed by atoms with E-state index in [0.717, 1.165) is 0 Å². The molecule has 0 aliphatic heterocycles. The zero-order chi connectivity index (χ0) is 8.08. The number of halogens is 3. The minimum atomic E-state index is -5.19. The summed E-state index contributed by atoms with van der Waals surface area (Å²) in [6, 6.07) is 0. The Bertz CT molecular complexity index is 91.0. The quantitative estimate of drug-likeness (QED) is 0.530. The molecule has 0 bridgehead atoms. The minimum absolute atomic E-state index is 0. The third-order valence-electron chi connectivity index (χ3n) is 0.231. The average Bonchev–Trinajstić information content (AvgIpc) is 1.69. The van der Waals surface area contributed by atoms with Crippen molar-refractivity contribution in [1.29, 1.82) is 0 Å². The zero-order valence-corrected chi connectivity index (χ0v) is 8.33. The molecule has 1 radical (unpaired) electrons. The van der Waals surface area contributed by atoms with E-state index < -0.39 is 12.1 Å². The normalized spacial score (nSPS) is 8.50. The molecule has 10 heavy (non-hydrogen) atoms. The van der Waals surface area contributed by atoms with Crippen LogP contribution in [0.5, 0.6) is 0 Å². The van der Waals surface area contributed by atoms with E-state index in [4.69, 9.17) is 9.90 Å². The van der Waals surface area contributed by atoms with E-state index in [1.165, 1.54) is 0 Å². The Morgan fingerprint density at radius 3 is 1.50 bits per heavy atom. The van der Waals surface area contributed by atoms with Crippen LogP contribution in [0.25, 0.3) is 0 Å². The van der Waals surface area contributed by atoms with Crippen molar-refractivity contribution in [3.05, 3.63) is 6.92 Å². The fourth-order valence-corrected chi connectivity index (χ4v) is 0. The van der Waals surface area contributed by atoms with E-state index in [9.17, 15) is 13.2 Å². The molecular formula is C4H5F3O2Zn-. The first-order valence-electron chi connectivity index (χ1n) is 1.93. The summed E-state index contributed by atoms with van der Waals surface area (Å²) in [5, 5.41) is 8.78. The van der Waals surface area contributed by atoms with Crippen LogP contribution in [0.2, 0.25) is 0 Å². The molecule has 0 fully saturated rings. The first-order chi connectivity index (χ1) is 3.94. The van der Waals surface area contributed by atoms with E-state index in [0.29, 0.717) is 0 Å². The number of aliphatic carboxylic acids is 1. The van der Waals surface area contributed by atoms with Crippen LogP contribution in [0.1, 0.15) is 6.92 Å². The molecule has 0 aliphatic rings. The predicted molar refractivity (Wildman–Crippen MR) is 22.1 cm³/mol. The van der Waals surface area contributed by atoms with Gasteiger partial charge in [-0.15, -0.1) is 0 Å². The molecule has 0 atom stereocenters. The molecule has 0 rings (SSSR count). The number of alkyl halides is 3. The Hall–Kier alpha value is -0.117. The van der Waals surface area contributed by atoms with Gasteiger partial charge >= 0.3 is 6.18 Å². The van der Waals surface area contributed by atoms with Crippen LogP contribution in [0, 0.1) is 6.92 Å². The Morgan fingerprint density at radius 1 is 1.40 bits per heavy atom. The molecule has 0 saturated carbocycles. The summed E-state index contributed by atoms with van der Waals surface area (Å²) in [6.45, 7) is 5.00. The van der Waals surface area contributed by atoms with Crippen molar-refractivity contribution < 1.29 is 42.6 Å². The summed E-state index contributed by atoms with van der Waals surface area (Å²) in [7, 11) is 0. The molecule has 0 saturated heterocycles. The molecule has 0 N–H and O–H groups in total. The molecule has 0 heterocycles. The number of carboxylic acid groups (broad SMARTS) is 1. The average molecular weight is 207 g/mol. The number of rotatable bonds is 0. The fraction of sp³-hybridized carbons (Fsp3) is 0.500. The molecule has 0 unspecified atom stereocenters. The van der Waals surface area contributed by atoms with Gasteiger partial charge in [-0.1, -0.05) is 13.8 Å². The number of carbonyl (C=O) groups is 1. The SMILES string of the molecule is O=C([O-])C(F)(F)F.[CH2]C.[Zn]. The third-order valence-corrected chi connectivity index (χ3v) is 0.231. The number of hydrogen-bond donors (Lipinski definition) is 0. The monoisotopic (exact) mass is 206 g/mol. The van der Waals surface area contributed by atoms with Gasteiger partial charge in [-0.25, -0.2) is 0 Å². The van der Waals surface area contributed by atoms with Crippen LogP contribution in [0.4, 0.5) is 13.2 Å². The van der Waals surface area contributed by atoms with Crippen LogP contribution >= 0.6 is 0 Å². The molecule has 0 aromatic carbocycles. The van der Waals surface area contributed by atoms with Crippen molar-refractivity contribution in [2.45, 2.75) is 13.1 Å². The maximum atomic E-state index is 10.5. The summed E-state index contributed by atoms with van der Waals surface area (Å²) in [5.41, 5.74) is 0. The molecule has 0 aromatic heterocycles. The van der Waals surface area contributed by atoms with Crippen molar-refractivity contribution in [2.24, 2.45) is 0 Å². The van der Waals surface area contributed by atoms with Crippen molar-refractivity contribution in [1.82, 2.24) is 0 Å². The van der Waals surface area contributed by atoms with E-state index in [2.05, 4.69) is 6.92 Å². The van der Waals surface area contributed by atoms with Crippen LogP contribution in [0.15, 0.2) is 0 Å². The van der Waals surface area contributed by atoms with Crippen molar-refractivity contribution in [2.75, 3.05) is 0 Å². The Kier molecular flexibility index (Phi) is 11.5. The van der Waals surface area contributed by atoms with Gasteiger partial charge in [-0.05, 0) is 0 Å². The molecule has 2 nitrogen and oxygen atoms in total. The maximum Gasteiger partial charge on any atom is 0.430 e. The molecule has 0 aliphatic carbocycles. The van der Waals surface area contributed by atoms with Crippen molar-refractivity contribution in [3.8, 4) is 0 Å². The van der Waals surface area contributed by atoms with Crippen LogP contribution in [-0.4, -0.2) is 12.1 Å². The molecule has 0 spiro atoms. The summed E-state index contributed by atoms with van der Waals surface area (Å²) in [6.07, 6.45) is -5.19. The van der Waals surface area contributed by atoms with Gasteiger partial charge in [0.2, 0.25) is 0 Å². The molecule has 57 valence electrons. The van der Waals surface area contributed by atoms with E-state index in [1.807, 2.05) is 0 Å². The Balaban J connectivity index is -0.000000149. The summed E-state index contributed by atoms with van der Waals surface area (Å²) >= 11 is 0. The van der Waals surface area contributed by atoms with Gasteiger partial charge in [-0.3, -0.25) is 0 Å². The predicted octanol–water partition coefficient (Wildman–Crippen LogP) is 0.136. The van der Waals surface area contributed by atoms with Gasteiger partial charge in [0.25, 0.3) is 0 Å². The summed E-state index contributed by atoms with van der Waals surface area (Å²) < 4.78 is 31.5. The third kappa shape index (κ3) is 10.8. The van der Waals surface area contributed by atoms with Crippen LogP contribution < -0.4 is 5.11 Å². The summed E-state index contributed by atoms with van der Waals surface area (Å²) in [4.78, 5) is 8.78. The van der Waals surface area contributed by atoms with Gasteiger partial charge in [0.05, 0.1) is 0 Å². The zero-order valence-electron chi connectivity index (χ0n) is 5.36. The second-order valence-electron chi connectivity index (χ2n) is 0.785. The van der Waals surface area contributed by atoms with E-state index in [1.54, 1.807) is 6.92 Å². The number of hydrogen-bond acceptors (Lipinski definition) is 2. The van der Waals surface area contributed by atoms with E-state index >= 15 is 0 Å². The van der Waals surface area contributed by atoms with Crippen molar-refractivity contribution in [3.63, 3.8) is 0 Å². The van der Waals surface area contributed by atoms with E-state index in [-0.39, 0.29) is 19.5 Å². The fourth-order valence-electron chi connectivity index (χ4n) is 0. The Labute approximate surface area is 69.2 Å².